The summed E-state index contributed by atoms with van der Waals surface area (Å²) >= 11 is 3.32. The summed E-state index contributed by atoms with van der Waals surface area (Å²) in [6, 6.07) is 14.3. The van der Waals surface area contributed by atoms with Gasteiger partial charge >= 0.3 is 0 Å². The van der Waals surface area contributed by atoms with Crippen LogP contribution < -0.4 is 5.56 Å². The number of aromatic amines is 1. The first kappa shape index (κ1) is 13.7. The highest BCUT2D eigenvalue weighted by Gasteiger charge is 2.12. The molecule has 1 heterocycles. The predicted octanol–water partition coefficient (Wildman–Crippen LogP) is 3.11. The molecule has 0 amide bonds. The van der Waals surface area contributed by atoms with E-state index in [1.165, 1.54) is 0 Å². The Hall–Kier alpha value is -2.27. The zero-order chi connectivity index (χ0) is 14.8. The van der Waals surface area contributed by atoms with Gasteiger partial charge in [-0.15, -0.1) is 0 Å². The minimum Gasteiger partial charge on any atom is -0.319 e. The zero-order valence-corrected chi connectivity index (χ0v) is 12.6. The summed E-state index contributed by atoms with van der Waals surface area (Å²) in [6.45, 7) is 0. The van der Waals surface area contributed by atoms with E-state index in [1.54, 1.807) is 36.4 Å². The fraction of sp³-hybridized carbons (Fsp3) is 0.0625. The van der Waals surface area contributed by atoms with Gasteiger partial charge in [0.05, 0.1) is 17.5 Å². The van der Waals surface area contributed by atoms with Crippen LogP contribution in [0.5, 0.6) is 0 Å². The van der Waals surface area contributed by atoms with Crippen LogP contribution in [-0.2, 0) is 6.42 Å². The van der Waals surface area contributed by atoms with Crippen LogP contribution in [0.4, 0.5) is 0 Å². The molecule has 104 valence electrons. The summed E-state index contributed by atoms with van der Waals surface area (Å²) in [4.78, 5) is 31.2. The highest BCUT2D eigenvalue weighted by Crippen LogP contribution is 2.12. The Labute approximate surface area is 129 Å². The molecule has 0 aliphatic rings. The Bertz CT molecular complexity index is 869. The molecule has 4 nitrogen and oxygen atoms in total. The zero-order valence-electron chi connectivity index (χ0n) is 11.0. The Morgan fingerprint density at radius 1 is 1.10 bits per heavy atom. The van der Waals surface area contributed by atoms with Crippen molar-refractivity contribution in [1.82, 2.24) is 9.97 Å². The lowest BCUT2D eigenvalue weighted by Crippen LogP contribution is -2.18. The molecule has 3 aromatic rings. The molecule has 2 aromatic carbocycles. The third-order valence-corrected chi connectivity index (χ3v) is 3.69. The molecule has 0 aliphatic heterocycles. The topological polar surface area (TPSA) is 62.8 Å². The molecule has 1 N–H and O–H groups in total. The first-order valence-electron chi connectivity index (χ1n) is 6.40. The number of fused-ring (bicyclic) bond motifs is 1. The first-order chi connectivity index (χ1) is 10.1. The van der Waals surface area contributed by atoms with Crippen LogP contribution >= 0.6 is 15.9 Å². The number of aromatic nitrogens is 2. The van der Waals surface area contributed by atoms with Crippen molar-refractivity contribution in [2.24, 2.45) is 0 Å². The molecular formula is C16H11BrN2O2. The Morgan fingerprint density at radius 3 is 2.57 bits per heavy atom. The van der Waals surface area contributed by atoms with E-state index in [1.807, 2.05) is 12.1 Å². The highest BCUT2D eigenvalue weighted by atomic mass is 79.9. The molecule has 0 bridgehead atoms. The molecule has 0 saturated carbocycles. The van der Waals surface area contributed by atoms with Gasteiger partial charge in [-0.05, 0) is 24.3 Å². The van der Waals surface area contributed by atoms with E-state index < -0.39 is 0 Å². The maximum Gasteiger partial charge on any atom is 0.270 e. The molecule has 21 heavy (non-hydrogen) atoms. The summed E-state index contributed by atoms with van der Waals surface area (Å²) < 4.78 is 0.903. The number of halogens is 1. The molecule has 1 aromatic heterocycles. The van der Waals surface area contributed by atoms with Crippen molar-refractivity contribution in [1.29, 1.82) is 0 Å². The quantitative estimate of drug-likeness (QED) is 0.744. The van der Waals surface area contributed by atoms with E-state index in [0.29, 0.717) is 16.6 Å². The number of benzene rings is 2. The third-order valence-electron chi connectivity index (χ3n) is 3.16. The average Bonchev–Trinajstić information content (AvgIpc) is 2.48. The number of para-hydroxylation sites is 2. The van der Waals surface area contributed by atoms with Crippen molar-refractivity contribution in [3.05, 3.63) is 74.6 Å². The molecule has 0 unspecified atom stereocenters. The predicted molar refractivity (Wildman–Crippen MR) is 84.5 cm³/mol. The summed E-state index contributed by atoms with van der Waals surface area (Å²) in [7, 11) is 0. The lowest BCUT2D eigenvalue weighted by molar-refractivity contribution is 0.0991. The lowest BCUT2D eigenvalue weighted by atomic mass is 10.1. The van der Waals surface area contributed by atoms with Gasteiger partial charge in [0, 0.05) is 10.0 Å². The normalized spacial score (nSPS) is 10.7. The number of Topliss-reactive ketones (excluding diaryl/α,β-unsaturated/α-hetero) is 1. The van der Waals surface area contributed by atoms with Crippen LogP contribution in [0.15, 0.2) is 57.8 Å². The number of H-pyrrole nitrogens is 1. The second-order valence-corrected chi connectivity index (χ2v) is 5.55. The number of carbonyl (C=O) groups is 1. The molecular weight excluding hydrogens is 332 g/mol. The molecule has 0 radical (unpaired) electrons. The highest BCUT2D eigenvalue weighted by molar-refractivity contribution is 9.10. The van der Waals surface area contributed by atoms with Crippen LogP contribution in [0.1, 0.15) is 16.1 Å². The second kappa shape index (κ2) is 5.61. The number of nitrogens with zero attached hydrogens (tertiary/aromatic N) is 1. The van der Waals surface area contributed by atoms with E-state index >= 15 is 0 Å². The van der Waals surface area contributed by atoms with E-state index in [0.717, 1.165) is 4.47 Å². The standard InChI is InChI=1S/C16H11BrN2O2/c17-11-7-5-10(6-8-11)15(20)9-14-16(21)19-13-4-2-1-3-12(13)18-14/h1-8H,9H2,(H,19,21). The number of hydrogen-bond acceptors (Lipinski definition) is 3. The van der Waals surface area contributed by atoms with Gasteiger partial charge in [-0.1, -0.05) is 40.2 Å². The summed E-state index contributed by atoms with van der Waals surface area (Å²) in [6.07, 6.45) is -0.0121. The minimum atomic E-state index is -0.320. The van der Waals surface area contributed by atoms with Crippen LogP contribution in [0.3, 0.4) is 0 Å². The van der Waals surface area contributed by atoms with Crippen molar-refractivity contribution in [3.63, 3.8) is 0 Å². The van der Waals surface area contributed by atoms with E-state index in [9.17, 15) is 9.59 Å². The van der Waals surface area contributed by atoms with Crippen molar-refractivity contribution in [2.45, 2.75) is 6.42 Å². The van der Waals surface area contributed by atoms with Crippen molar-refractivity contribution < 1.29 is 4.79 Å². The number of nitrogens with one attached hydrogen (secondary N) is 1. The summed E-state index contributed by atoms with van der Waals surface area (Å²) in [5.41, 5.74) is 1.83. The van der Waals surface area contributed by atoms with Gasteiger partial charge in [-0.3, -0.25) is 9.59 Å². The Morgan fingerprint density at radius 2 is 1.81 bits per heavy atom. The molecule has 3 rings (SSSR count). The molecule has 0 spiro atoms. The van der Waals surface area contributed by atoms with Gasteiger partial charge in [0.2, 0.25) is 0 Å². The third kappa shape index (κ3) is 2.92. The van der Waals surface area contributed by atoms with Crippen LogP contribution in [-0.4, -0.2) is 15.8 Å². The van der Waals surface area contributed by atoms with Crippen LogP contribution in [0.2, 0.25) is 0 Å². The largest absolute Gasteiger partial charge is 0.319 e. The van der Waals surface area contributed by atoms with Gasteiger partial charge in [0.1, 0.15) is 5.69 Å². The molecule has 5 heteroatoms. The minimum absolute atomic E-state index is 0.0121. The number of rotatable bonds is 3. The van der Waals surface area contributed by atoms with Crippen LogP contribution in [0.25, 0.3) is 11.0 Å². The fourth-order valence-corrected chi connectivity index (χ4v) is 2.34. The van der Waals surface area contributed by atoms with Crippen molar-refractivity contribution >= 4 is 32.7 Å². The van der Waals surface area contributed by atoms with Crippen LogP contribution in [0, 0.1) is 0 Å². The molecule has 0 aliphatic carbocycles. The SMILES string of the molecule is O=C(Cc1nc2ccccc2[nH]c1=O)c1ccc(Br)cc1. The maximum atomic E-state index is 12.2. The first-order valence-corrected chi connectivity index (χ1v) is 7.19. The van der Waals surface area contributed by atoms with E-state index in [4.69, 9.17) is 0 Å². The van der Waals surface area contributed by atoms with Gasteiger partial charge in [-0.2, -0.15) is 0 Å². The summed E-state index contributed by atoms with van der Waals surface area (Å²) in [5, 5.41) is 0. The van der Waals surface area contributed by atoms with Crippen molar-refractivity contribution in [3.8, 4) is 0 Å². The molecule has 0 fully saturated rings. The molecule has 0 saturated heterocycles. The average molecular weight is 343 g/mol. The maximum absolute atomic E-state index is 12.2. The van der Waals surface area contributed by atoms with Gasteiger partial charge < -0.3 is 4.98 Å². The lowest BCUT2D eigenvalue weighted by Gasteiger charge is -2.03. The number of hydrogen-bond donors (Lipinski definition) is 1. The van der Waals surface area contributed by atoms with Gasteiger partial charge in [0.15, 0.2) is 5.78 Å². The van der Waals surface area contributed by atoms with E-state index in [-0.39, 0.29) is 23.5 Å². The molecule has 0 atom stereocenters. The van der Waals surface area contributed by atoms with Gasteiger partial charge in [-0.25, -0.2) is 4.98 Å². The Kier molecular flexibility index (Phi) is 3.66. The second-order valence-electron chi connectivity index (χ2n) is 4.64. The fourth-order valence-electron chi connectivity index (χ4n) is 2.08. The monoisotopic (exact) mass is 342 g/mol. The summed E-state index contributed by atoms with van der Waals surface area (Å²) in [5.74, 6) is -0.129. The number of ketones is 1. The smallest absolute Gasteiger partial charge is 0.270 e. The van der Waals surface area contributed by atoms with E-state index in [2.05, 4.69) is 25.9 Å². The van der Waals surface area contributed by atoms with Crippen molar-refractivity contribution in [2.75, 3.05) is 0 Å². The van der Waals surface area contributed by atoms with Gasteiger partial charge in [0.25, 0.3) is 5.56 Å². The number of carbonyl (C=O) groups excluding carboxylic acids is 1. The Balaban J connectivity index is 1.94.